The van der Waals surface area contributed by atoms with Crippen molar-refractivity contribution in [3.63, 3.8) is 0 Å². The van der Waals surface area contributed by atoms with Crippen LogP contribution in [0, 0.1) is 5.82 Å². The first kappa shape index (κ1) is 12.9. The van der Waals surface area contributed by atoms with E-state index in [2.05, 4.69) is 21.2 Å². The van der Waals surface area contributed by atoms with Gasteiger partial charge < -0.3 is 5.32 Å². The molecule has 1 aromatic carbocycles. The molecule has 1 amide bonds. The molecule has 2 nitrogen and oxygen atoms in total. The molecule has 0 fully saturated rings. The number of amides is 1. The summed E-state index contributed by atoms with van der Waals surface area (Å²) in [7, 11) is 0. The van der Waals surface area contributed by atoms with Gasteiger partial charge in [0.2, 0.25) is 0 Å². The van der Waals surface area contributed by atoms with Crippen molar-refractivity contribution in [1.82, 2.24) is 5.32 Å². The van der Waals surface area contributed by atoms with E-state index < -0.39 is 5.82 Å². The molecule has 0 aromatic heterocycles. The van der Waals surface area contributed by atoms with Gasteiger partial charge in [0.05, 0.1) is 4.47 Å². The molecule has 0 unspecified atom stereocenters. The minimum atomic E-state index is -0.435. The van der Waals surface area contributed by atoms with Crippen molar-refractivity contribution in [3.8, 4) is 0 Å². The van der Waals surface area contributed by atoms with Crippen LogP contribution >= 0.6 is 15.9 Å². The highest BCUT2D eigenvalue weighted by Gasteiger charge is 2.07. The average molecular weight is 286 g/mol. The lowest BCUT2D eigenvalue weighted by Gasteiger charge is -2.03. The van der Waals surface area contributed by atoms with Crippen molar-refractivity contribution in [3.05, 3.63) is 45.7 Å². The van der Waals surface area contributed by atoms with Crippen molar-refractivity contribution in [2.24, 2.45) is 0 Å². The van der Waals surface area contributed by atoms with Crippen molar-refractivity contribution >= 4 is 21.8 Å². The van der Waals surface area contributed by atoms with Gasteiger partial charge in [-0.05, 0) is 48.0 Å². The normalized spacial score (nSPS) is 9.75. The van der Waals surface area contributed by atoms with Crippen LogP contribution in [0.1, 0.15) is 24.2 Å². The summed E-state index contributed by atoms with van der Waals surface area (Å²) in [5.74, 6) is -0.709. The van der Waals surface area contributed by atoms with Crippen molar-refractivity contribution in [2.45, 2.75) is 13.8 Å². The SMILES string of the molecule is CC(C)=CCNC(=O)c1ccc(Br)c(F)c1. The lowest BCUT2D eigenvalue weighted by molar-refractivity contribution is 0.0957. The molecule has 0 aliphatic heterocycles. The van der Waals surface area contributed by atoms with Gasteiger partial charge in [0.1, 0.15) is 5.82 Å². The molecule has 0 heterocycles. The summed E-state index contributed by atoms with van der Waals surface area (Å²) in [6, 6.07) is 4.30. The van der Waals surface area contributed by atoms with E-state index >= 15 is 0 Å². The third kappa shape index (κ3) is 3.77. The minimum Gasteiger partial charge on any atom is -0.349 e. The second kappa shape index (κ2) is 5.80. The van der Waals surface area contributed by atoms with E-state index in [-0.39, 0.29) is 5.91 Å². The van der Waals surface area contributed by atoms with Gasteiger partial charge in [-0.25, -0.2) is 4.39 Å². The fourth-order valence-electron chi connectivity index (χ4n) is 1.09. The van der Waals surface area contributed by atoms with Crippen LogP contribution in [0.5, 0.6) is 0 Å². The molecule has 0 aliphatic rings. The maximum atomic E-state index is 13.2. The highest BCUT2D eigenvalue weighted by molar-refractivity contribution is 9.10. The predicted octanol–water partition coefficient (Wildman–Crippen LogP) is 3.28. The standard InChI is InChI=1S/C12H13BrFNO/c1-8(2)5-6-15-12(16)9-3-4-10(13)11(14)7-9/h3-5,7H,6H2,1-2H3,(H,15,16). The van der Waals surface area contributed by atoms with Crippen LogP contribution in [0.25, 0.3) is 0 Å². The number of benzene rings is 1. The highest BCUT2D eigenvalue weighted by Crippen LogP contribution is 2.16. The van der Waals surface area contributed by atoms with Crippen LogP contribution < -0.4 is 5.32 Å². The molecule has 4 heteroatoms. The summed E-state index contributed by atoms with van der Waals surface area (Å²) < 4.78 is 13.5. The van der Waals surface area contributed by atoms with Crippen LogP contribution in [-0.4, -0.2) is 12.5 Å². The second-order valence-corrected chi connectivity index (χ2v) is 4.47. The Hall–Kier alpha value is -1.16. The molecule has 1 N–H and O–H groups in total. The molecule has 0 aliphatic carbocycles. The number of allylic oxidation sites excluding steroid dienone is 1. The monoisotopic (exact) mass is 285 g/mol. The summed E-state index contributed by atoms with van der Waals surface area (Å²) in [5.41, 5.74) is 1.45. The second-order valence-electron chi connectivity index (χ2n) is 3.62. The molecule has 16 heavy (non-hydrogen) atoms. The Balaban J connectivity index is 2.66. The zero-order valence-electron chi connectivity index (χ0n) is 9.18. The molecule has 1 aromatic rings. The van der Waals surface area contributed by atoms with Gasteiger partial charge in [-0.15, -0.1) is 0 Å². The Morgan fingerprint density at radius 3 is 2.75 bits per heavy atom. The van der Waals surface area contributed by atoms with Crippen LogP contribution in [0.15, 0.2) is 34.3 Å². The van der Waals surface area contributed by atoms with Crippen LogP contribution in [-0.2, 0) is 0 Å². The smallest absolute Gasteiger partial charge is 0.251 e. The van der Waals surface area contributed by atoms with E-state index in [9.17, 15) is 9.18 Å². The van der Waals surface area contributed by atoms with E-state index in [4.69, 9.17) is 0 Å². The zero-order valence-corrected chi connectivity index (χ0v) is 10.8. The Morgan fingerprint density at radius 2 is 2.19 bits per heavy atom. The lowest BCUT2D eigenvalue weighted by Crippen LogP contribution is -2.23. The lowest BCUT2D eigenvalue weighted by atomic mass is 10.2. The summed E-state index contributed by atoms with van der Waals surface area (Å²) >= 11 is 3.03. The molecular formula is C12H13BrFNO. The Labute approximate surface area is 103 Å². The van der Waals surface area contributed by atoms with Gasteiger partial charge in [-0.2, -0.15) is 0 Å². The van der Waals surface area contributed by atoms with Gasteiger partial charge in [-0.3, -0.25) is 4.79 Å². The molecule has 0 saturated carbocycles. The van der Waals surface area contributed by atoms with Gasteiger partial charge in [-0.1, -0.05) is 11.6 Å². The summed E-state index contributed by atoms with van der Waals surface area (Å²) in [6.45, 7) is 4.36. The van der Waals surface area contributed by atoms with Crippen molar-refractivity contribution in [1.29, 1.82) is 0 Å². The molecular weight excluding hydrogens is 273 g/mol. The largest absolute Gasteiger partial charge is 0.349 e. The van der Waals surface area contributed by atoms with Gasteiger partial charge >= 0.3 is 0 Å². The zero-order chi connectivity index (χ0) is 12.1. The molecule has 0 atom stereocenters. The number of hydrogen-bond donors (Lipinski definition) is 1. The topological polar surface area (TPSA) is 29.1 Å². The highest BCUT2D eigenvalue weighted by atomic mass is 79.9. The van der Waals surface area contributed by atoms with E-state index in [1.807, 2.05) is 19.9 Å². The van der Waals surface area contributed by atoms with Gasteiger partial charge in [0, 0.05) is 12.1 Å². The number of rotatable bonds is 3. The van der Waals surface area contributed by atoms with Gasteiger partial charge in [0.15, 0.2) is 0 Å². The maximum Gasteiger partial charge on any atom is 0.251 e. The maximum absolute atomic E-state index is 13.2. The van der Waals surface area contributed by atoms with E-state index in [1.165, 1.54) is 12.1 Å². The fourth-order valence-corrected chi connectivity index (χ4v) is 1.33. The van der Waals surface area contributed by atoms with E-state index in [0.717, 1.165) is 5.57 Å². The number of carbonyl (C=O) groups is 1. The fraction of sp³-hybridized carbons (Fsp3) is 0.250. The Morgan fingerprint density at radius 1 is 1.50 bits per heavy atom. The third-order valence-electron chi connectivity index (χ3n) is 1.95. The molecule has 0 saturated heterocycles. The average Bonchev–Trinajstić information content (AvgIpc) is 2.21. The molecule has 0 spiro atoms. The first-order valence-electron chi connectivity index (χ1n) is 4.87. The quantitative estimate of drug-likeness (QED) is 0.849. The Kier molecular flexibility index (Phi) is 4.68. The van der Waals surface area contributed by atoms with E-state index in [1.54, 1.807) is 6.07 Å². The van der Waals surface area contributed by atoms with E-state index in [0.29, 0.717) is 16.6 Å². The van der Waals surface area contributed by atoms with Crippen LogP contribution in [0.4, 0.5) is 4.39 Å². The summed E-state index contributed by atoms with van der Waals surface area (Å²) in [5, 5.41) is 2.68. The predicted molar refractivity (Wildman–Crippen MR) is 65.9 cm³/mol. The molecule has 1 rings (SSSR count). The number of hydrogen-bond acceptors (Lipinski definition) is 1. The van der Waals surface area contributed by atoms with Crippen molar-refractivity contribution < 1.29 is 9.18 Å². The first-order valence-corrected chi connectivity index (χ1v) is 5.66. The van der Waals surface area contributed by atoms with Crippen LogP contribution in [0.2, 0.25) is 0 Å². The number of nitrogens with one attached hydrogen (secondary N) is 1. The minimum absolute atomic E-state index is 0.274. The summed E-state index contributed by atoms with van der Waals surface area (Å²) in [4.78, 5) is 11.6. The van der Waals surface area contributed by atoms with Crippen LogP contribution in [0.3, 0.4) is 0 Å². The molecule has 0 bridgehead atoms. The molecule has 0 radical (unpaired) electrons. The summed E-state index contributed by atoms with van der Waals surface area (Å²) in [6.07, 6.45) is 1.90. The van der Waals surface area contributed by atoms with Crippen molar-refractivity contribution in [2.75, 3.05) is 6.54 Å². The Bertz CT molecular complexity index is 425. The number of carbonyl (C=O) groups excluding carboxylic acids is 1. The first-order chi connectivity index (χ1) is 7.50. The molecule has 86 valence electrons. The number of halogens is 2. The third-order valence-corrected chi connectivity index (χ3v) is 2.60. The van der Waals surface area contributed by atoms with Gasteiger partial charge in [0.25, 0.3) is 5.91 Å².